The highest BCUT2D eigenvalue weighted by Gasteiger charge is 2.36. The van der Waals surface area contributed by atoms with Crippen molar-refractivity contribution in [1.82, 2.24) is 9.88 Å². The van der Waals surface area contributed by atoms with E-state index >= 15 is 0 Å². The van der Waals surface area contributed by atoms with Crippen molar-refractivity contribution in [2.45, 2.75) is 42.0 Å². The Labute approximate surface area is 161 Å². The van der Waals surface area contributed by atoms with E-state index in [1.165, 1.54) is 11.8 Å². The monoisotopic (exact) mass is 387 g/mol. The van der Waals surface area contributed by atoms with Gasteiger partial charge in [0.1, 0.15) is 0 Å². The first-order chi connectivity index (χ1) is 12.6. The Morgan fingerprint density at radius 2 is 2.19 bits per heavy atom. The van der Waals surface area contributed by atoms with E-state index in [9.17, 15) is 9.59 Å². The van der Waals surface area contributed by atoms with Gasteiger partial charge < -0.3 is 10.2 Å². The Kier molecular flexibility index (Phi) is 4.87. The van der Waals surface area contributed by atoms with Crippen LogP contribution in [0.2, 0.25) is 5.02 Å². The molecular formula is C19H18ClN3O2S. The molecule has 2 heterocycles. The third-order valence-electron chi connectivity index (χ3n) is 4.50. The number of rotatable bonds is 5. The predicted molar refractivity (Wildman–Crippen MR) is 102 cm³/mol. The lowest BCUT2D eigenvalue weighted by atomic mass is 10.2. The van der Waals surface area contributed by atoms with Crippen LogP contribution >= 0.6 is 23.4 Å². The third-order valence-corrected chi connectivity index (χ3v) is 6.02. The van der Waals surface area contributed by atoms with Crippen molar-refractivity contribution in [3.8, 4) is 0 Å². The standard InChI is InChI=1S/C19H18ClN3O2S/c20-13-3-6-16-15(8-13)22-19(25)17(26-16)9-18(24)23(14-4-5-14)11-12-2-1-7-21-10-12/h1-3,6-8,10,14,17H,4-5,9,11H2,(H,22,25)/t17-/m1/s1. The van der Waals surface area contributed by atoms with Crippen LogP contribution in [-0.4, -0.2) is 33.0 Å². The Morgan fingerprint density at radius 1 is 1.35 bits per heavy atom. The molecule has 0 spiro atoms. The molecule has 1 aliphatic carbocycles. The number of fused-ring (bicyclic) bond motifs is 1. The quantitative estimate of drug-likeness (QED) is 0.849. The van der Waals surface area contributed by atoms with E-state index in [4.69, 9.17) is 11.6 Å². The minimum absolute atomic E-state index is 0.0152. The lowest BCUT2D eigenvalue weighted by Crippen LogP contribution is -2.38. The topological polar surface area (TPSA) is 62.3 Å². The zero-order valence-corrected chi connectivity index (χ0v) is 15.6. The van der Waals surface area contributed by atoms with Crippen LogP contribution in [0.5, 0.6) is 0 Å². The molecule has 1 aliphatic heterocycles. The Bertz CT molecular complexity index is 842. The SMILES string of the molecule is O=C1Nc2cc(Cl)ccc2S[C@@H]1CC(=O)N(Cc1cccnc1)C1CC1. The number of pyridine rings is 1. The van der Waals surface area contributed by atoms with Crippen molar-refractivity contribution in [2.24, 2.45) is 0 Å². The van der Waals surface area contributed by atoms with Gasteiger partial charge in [-0.3, -0.25) is 14.6 Å². The van der Waals surface area contributed by atoms with Crippen LogP contribution in [0.25, 0.3) is 0 Å². The maximum absolute atomic E-state index is 12.9. The van der Waals surface area contributed by atoms with Crippen LogP contribution in [0.4, 0.5) is 5.69 Å². The van der Waals surface area contributed by atoms with Crippen molar-refractivity contribution in [3.63, 3.8) is 0 Å². The van der Waals surface area contributed by atoms with E-state index in [0.717, 1.165) is 23.3 Å². The van der Waals surface area contributed by atoms with Crippen molar-refractivity contribution in [3.05, 3.63) is 53.3 Å². The highest BCUT2D eigenvalue weighted by molar-refractivity contribution is 8.01. The molecule has 1 aromatic heterocycles. The van der Waals surface area contributed by atoms with Gasteiger partial charge in [0.2, 0.25) is 11.8 Å². The smallest absolute Gasteiger partial charge is 0.238 e. The van der Waals surface area contributed by atoms with Gasteiger partial charge in [-0.1, -0.05) is 17.7 Å². The van der Waals surface area contributed by atoms with Crippen LogP contribution in [0, 0.1) is 0 Å². The van der Waals surface area contributed by atoms with Crippen LogP contribution < -0.4 is 5.32 Å². The number of benzene rings is 1. The summed E-state index contributed by atoms with van der Waals surface area (Å²) >= 11 is 7.41. The minimum atomic E-state index is -0.425. The number of carbonyl (C=O) groups excluding carboxylic acids is 2. The fraction of sp³-hybridized carbons (Fsp3) is 0.316. The number of thioether (sulfide) groups is 1. The number of hydrogen-bond donors (Lipinski definition) is 1. The van der Waals surface area contributed by atoms with Gasteiger partial charge in [-0.25, -0.2) is 0 Å². The summed E-state index contributed by atoms with van der Waals surface area (Å²) < 4.78 is 0. The van der Waals surface area contributed by atoms with E-state index in [2.05, 4.69) is 10.3 Å². The lowest BCUT2D eigenvalue weighted by molar-refractivity contribution is -0.133. The first-order valence-electron chi connectivity index (χ1n) is 8.55. The number of aromatic nitrogens is 1. The number of hydrogen-bond acceptors (Lipinski definition) is 4. The van der Waals surface area contributed by atoms with Gasteiger partial charge in [0.15, 0.2) is 0 Å². The largest absolute Gasteiger partial charge is 0.335 e. The van der Waals surface area contributed by atoms with Gasteiger partial charge in [-0.15, -0.1) is 11.8 Å². The van der Waals surface area contributed by atoms with Crippen molar-refractivity contribution >= 4 is 40.9 Å². The molecule has 1 aromatic carbocycles. The van der Waals surface area contributed by atoms with Crippen molar-refractivity contribution in [1.29, 1.82) is 0 Å². The number of nitrogens with zero attached hydrogens (tertiary/aromatic N) is 2. The Morgan fingerprint density at radius 3 is 2.92 bits per heavy atom. The van der Waals surface area contributed by atoms with E-state index in [-0.39, 0.29) is 24.3 Å². The van der Waals surface area contributed by atoms with E-state index in [0.29, 0.717) is 17.3 Å². The van der Waals surface area contributed by atoms with Gasteiger partial charge in [-0.05, 0) is 42.7 Å². The maximum atomic E-state index is 12.9. The molecule has 1 atom stereocenters. The Balaban J connectivity index is 1.46. The molecule has 0 saturated heterocycles. The fourth-order valence-corrected chi connectivity index (χ4v) is 4.28. The molecule has 2 aliphatic rings. The summed E-state index contributed by atoms with van der Waals surface area (Å²) in [6.45, 7) is 0.544. The molecule has 1 fully saturated rings. The molecule has 134 valence electrons. The normalized spacial score (nSPS) is 18.8. The van der Waals surface area contributed by atoms with E-state index in [1.54, 1.807) is 24.5 Å². The highest BCUT2D eigenvalue weighted by Crippen LogP contribution is 2.39. The first kappa shape index (κ1) is 17.4. The van der Waals surface area contributed by atoms with Gasteiger partial charge in [0.05, 0.1) is 10.9 Å². The zero-order chi connectivity index (χ0) is 18.1. The highest BCUT2D eigenvalue weighted by atomic mass is 35.5. The molecule has 26 heavy (non-hydrogen) atoms. The summed E-state index contributed by atoms with van der Waals surface area (Å²) in [5.41, 5.74) is 1.72. The third kappa shape index (κ3) is 3.86. The van der Waals surface area contributed by atoms with Gasteiger partial charge in [-0.2, -0.15) is 0 Å². The summed E-state index contributed by atoms with van der Waals surface area (Å²) in [6.07, 6.45) is 5.74. The maximum Gasteiger partial charge on any atom is 0.238 e. The molecule has 1 N–H and O–H groups in total. The molecule has 4 rings (SSSR count). The lowest BCUT2D eigenvalue weighted by Gasteiger charge is -2.27. The minimum Gasteiger partial charge on any atom is -0.335 e. The van der Waals surface area contributed by atoms with Crippen LogP contribution in [-0.2, 0) is 16.1 Å². The molecule has 0 radical (unpaired) electrons. The van der Waals surface area contributed by atoms with Crippen molar-refractivity contribution in [2.75, 3.05) is 5.32 Å². The summed E-state index contributed by atoms with van der Waals surface area (Å²) in [5, 5.41) is 3.02. The van der Waals surface area contributed by atoms with Crippen molar-refractivity contribution < 1.29 is 9.59 Å². The second kappa shape index (κ2) is 7.29. The van der Waals surface area contributed by atoms with Gasteiger partial charge in [0, 0.05) is 41.3 Å². The van der Waals surface area contributed by atoms with Crippen LogP contribution in [0.1, 0.15) is 24.8 Å². The number of amides is 2. The number of anilines is 1. The van der Waals surface area contributed by atoms with Crippen LogP contribution in [0.3, 0.4) is 0 Å². The second-order valence-electron chi connectivity index (χ2n) is 6.55. The molecule has 2 amide bonds. The molecular weight excluding hydrogens is 370 g/mol. The number of halogens is 1. The molecule has 5 nitrogen and oxygen atoms in total. The van der Waals surface area contributed by atoms with Gasteiger partial charge in [0.25, 0.3) is 0 Å². The summed E-state index contributed by atoms with van der Waals surface area (Å²) in [4.78, 5) is 32.3. The fourth-order valence-electron chi connectivity index (χ4n) is 3.03. The molecule has 2 aromatic rings. The Hall–Kier alpha value is -2.05. The first-order valence-corrected chi connectivity index (χ1v) is 9.81. The summed E-state index contributed by atoms with van der Waals surface area (Å²) in [5.74, 6) is -0.128. The van der Waals surface area contributed by atoms with Crippen LogP contribution in [0.15, 0.2) is 47.6 Å². The molecule has 0 unspecified atom stereocenters. The van der Waals surface area contributed by atoms with E-state index < -0.39 is 5.25 Å². The number of carbonyl (C=O) groups is 2. The summed E-state index contributed by atoms with van der Waals surface area (Å²) in [6, 6.07) is 9.54. The van der Waals surface area contributed by atoms with Gasteiger partial charge >= 0.3 is 0 Å². The average Bonchev–Trinajstić information content (AvgIpc) is 3.46. The summed E-state index contributed by atoms with van der Waals surface area (Å²) in [7, 11) is 0. The molecule has 0 bridgehead atoms. The molecule has 1 saturated carbocycles. The zero-order valence-electron chi connectivity index (χ0n) is 14.0. The van der Waals surface area contributed by atoms with E-state index in [1.807, 2.05) is 23.1 Å². The average molecular weight is 388 g/mol. The predicted octanol–water partition coefficient (Wildman–Crippen LogP) is 3.73. The number of nitrogens with one attached hydrogen (secondary N) is 1. The molecule has 7 heteroatoms. The second-order valence-corrected chi connectivity index (χ2v) is 8.24.